The Morgan fingerprint density at radius 2 is 2.17 bits per heavy atom. The second-order valence-corrected chi connectivity index (χ2v) is 3.62. The number of rotatable bonds is 3. The molecule has 0 aliphatic carbocycles. The number of anilines is 2. The van der Waals surface area contributed by atoms with Crippen molar-refractivity contribution in [1.29, 1.82) is 0 Å². The number of carbonyl (C=O) groups excluding carboxylic acids is 1. The Labute approximate surface area is 105 Å². The van der Waals surface area contributed by atoms with Gasteiger partial charge in [-0.25, -0.2) is 4.98 Å². The van der Waals surface area contributed by atoms with Crippen molar-refractivity contribution < 1.29 is 9.53 Å². The molecule has 1 heterocycles. The van der Waals surface area contributed by atoms with Gasteiger partial charge < -0.3 is 15.8 Å². The third-order valence-electron chi connectivity index (χ3n) is 2.41. The van der Waals surface area contributed by atoms with Gasteiger partial charge in [-0.05, 0) is 24.3 Å². The Morgan fingerprint density at radius 1 is 1.33 bits per heavy atom. The van der Waals surface area contributed by atoms with E-state index in [0.29, 0.717) is 22.8 Å². The summed E-state index contributed by atoms with van der Waals surface area (Å²) in [6.45, 7) is 0. The number of aromatic nitrogens is 1. The van der Waals surface area contributed by atoms with Gasteiger partial charge in [0.15, 0.2) is 0 Å². The third kappa shape index (κ3) is 2.57. The second kappa shape index (κ2) is 5.18. The lowest BCUT2D eigenvalue weighted by Crippen LogP contribution is -2.14. The standard InChI is InChI=1S/C13H13N3O2/c1-18-9-5-6-10(11(14)8-9)13(17)16-12-4-2-3-7-15-12/h2-8H,14H2,1H3,(H,15,16,17). The van der Waals surface area contributed by atoms with Crippen molar-refractivity contribution in [3.05, 3.63) is 48.2 Å². The van der Waals surface area contributed by atoms with Crippen LogP contribution in [0.15, 0.2) is 42.6 Å². The van der Waals surface area contributed by atoms with Crippen LogP contribution in [-0.2, 0) is 0 Å². The number of pyridine rings is 1. The van der Waals surface area contributed by atoms with Crippen molar-refractivity contribution in [1.82, 2.24) is 4.98 Å². The summed E-state index contributed by atoms with van der Waals surface area (Å²) in [5, 5.41) is 2.67. The normalized spacial score (nSPS) is 9.83. The Balaban J connectivity index is 2.19. The zero-order valence-electron chi connectivity index (χ0n) is 9.88. The molecule has 18 heavy (non-hydrogen) atoms. The molecule has 0 spiro atoms. The monoisotopic (exact) mass is 243 g/mol. The molecular formula is C13H13N3O2. The summed E-state index contributed by atoms with van der Waals surface area (Å²) in [6.07, 6.45) is 1.60. The third-order valence-corrected chi connectivity index (χ3v) is 2.41. The smallest absolute Gasteiger partial charge is 0.258 e. The fraction of sp³-hybridized carbons (Fsp3) is 0.0769. The molecule has 3 N–H and O–H groups in total. The first-order chi connectivity index (χ1) is 8.70. The van der Waals surface area contributed by atoms with Crippen molar-refractivity contribution in [3.63, 3.8) is 0 Å². The molecule has 2 rings (SSSR count). The van der Waals surface area contributed by atoms with Gasteiger partial charge >= 0.3 is 0 Å². The van der Waals surface area contributed by atoms with E-state index in [1.54, 1.807) is 49.7 Å². The maximum atomic E-state index is 12.0. The molecule has 1 aromatic heterocycles. The van der Waals surface area contributed by atoms with Crippen LogP contribution in [-0.4, -0.2) is 18.0 Å². The molecule has 0 radical (unpaired) electrons. The van der Waals surface area contributed by atoms with Crippen LogP contribution in [0.3, 0.4) is 0 Å². The van der Waals surface area contributed by atoms with Crippen molar-refractivity contribution in [2.45, 2.75) is 0 Å². The first-order valence-corrected chi connectivity index (χ1v) is 5.36. The number of nitrogens with two attached hydrogens (primary N) is 1. The molecule has 5 nitrogen and oxygen atoms in total. The van der Waals surface area contributed by atoms with Gasteiger partial charge in [-0.15, -0.1) is 0 Å². The number of benzene rings is 1. The molecule has 0 bridgehead atoms. The maximum absolute atomic E-state index is 12.0. The van der Waals surface area contributed by atoms with Gasteiger partial charge in [-0.1, -0.05) is 6.07 Å². The van der Waals surface area contributed by atoms with E-state index in [-0.39, 0.29) is 5.91 Å². The highest BCUT2D eigenvalue weighted by molar-refractivity contribution is 6.07. The molecule has 0 saturated heterocycles. The lowest BCUT2D eigenvalue weighted by molar-refractivity contribution is 0.102. The van der Waals surface area contributed by atoms with Gasteiger partial charge in [-0.2, -0.15) is 0 Å². The van der Waals surface area contributed by atoms with E-state index in [1.807, 2.05) is 0 Å². The second-order valence-electron chi connectivity index (χ2n) is 3.62. The quantitative estimate of drug-likeness (QED) is 0.807. The molecule has 0 aliphatic rings. The average Bonchev–Trinajstić information content (AvgIpc) is 2.39. The van der Waals surface area contributed by atoms with Gasteiger partial charge in [0.2, 0.25) is 0 Å². The van der Waals surface area contributed by atoms with E-state index in [9.17, 15) is 4.79 Å². The number of nitrogens with zero attached hydrogens (tertiary/aromatic N) is 1. The van der Waals surface area contributed by atoms with Crippen molar-refractivity contribution in [2.24, 2.45) is 0 Å². The zero-order valence-corrected chi connectivity index (χ0v) is 9.88. The molecular weight excluding hydrogens is 230 g/mol. The first kappa shape index (κ1) is 11.9. The van der Waals surface area contributed by atoms with Gasteiger partial charge in [0.1, 0.15) is 11.6 Å². The molecule has 0 unspecified atom stereocenters. The summed E-state index contributed by atoms with van der Waals surface area (Å²) in [4.78, 5) is 16.0. The van der Waals surface area contributed by atoms with Gasteiger partial charge in [-0.3, -0.25) is 4.79 Å². The van der Waals surface area contributed by atoms with Crippen LogP contribution >= 0.6 is 0 Å². The Hall–Kier alpha value is -2.56. The summed E-state index contributed by atoms with van der Waals surface area (Å²) in [5.41, 5.74) is 6.54. The number of ether oxygens (including phenoxy) is 1. The predicted molar refractivity (Wildman–Crippen MR) is 69.6 cm³/mol. The van der Waals surface area contributed by atoms with Crippen molar-refractivity contribution >= 4 is 17.4 Å². The fourth-order valence-corrected chi connectivity index (χ4v) is 1.49. The summed E-state index contributed by atoms with van der Waals surface area (Å²) in [7, 11) is 1.54. The Morgan fingerprint density at radius 3 is 2.78 bits per heavy atom. The minimum absolute atomic E-state index is 0.297. The maximum Gasteiger partial charge on any atom is 0.258 e. The van der Waals surface area contributed by atoms with E-state index in [2.05, 4.69) is 10.3 Å². The summed E-state index contributed by atoms with van der Waals surface area (Å²) >= 11 is 0. The van der Waals surface area contributed by atoms with Crippen LogP contribution in [0.4, 0.5) is 11.5 Å². The first-order valence-electron chi connectivity index (χ1n) is 5.36. The number of nitrogens with one attached hydrogen (secondary N) is 1. The van der Waals surface area contributed by atoms with Crippen LogP contribution < -0.4 is 15.8 Å². The van der Waals surface area contributed by atoms with Crippen LogP contribution in [0, 0.1) is 0 Å². The van der Waals surface area contributed by atoms with Crippen molar-refractivity contribution in [3.8, 4) is 5.75 Å². The van der Waals surface area contributed by atoms with Gasteiger partial charge in [0.05, 0.1) is 12.7 Å². The SMILES string of the molecule is COc1ccc(C(=O)Nc2ccccn2)c(N)c1. The number of carbonyl (C=O) groups is 1. The zero-order chi connectivity index (χ0) is 13.0. The van der Waals surface area contributed by atoms with E-state index in [4.69, 9.17) is 10.5 Å². The molecule has 0 atom stereocenters. The number of hydrogen-bond donors (Lipinski definition) is 2. The van der Waals surface area contributed by atoms with E-state index in [0.717, 1.165) is 0 Å². The highest BCUT2D eigenvalue weighted by Gasteiger charge is 2.10. The van der Waals surface area contributed by atoms with Crippen LogP contribution in [0.25, 0.3) is 0 Å². The molecule has 92 valence electrons. The fourth-order valence-electron chi connectivity index (χ4n) is 1.49. The van der Waals surface area contributed by atoms with Crippen LogP contribution in [0.5, 0.6) is 5.75 Å². The number of nitrogen functional groups attached to an aromatic ring is 1. The molecule has 5 heteroatoms. The lowest BCUT2D eigenvalue weighted by Gasteiger charge is -2.08. The van der Waals surface area contributed by atoms with Gasteiger partial charge in [0.25, 0.3) is 5.91 Å². The number of methoxy groups -OCH3 is 1. The van der Waals surface area contributed by atoms with Crippen LogP contribution in [0.2, 0.25) is 0 Å². The number of amides is 1. The van der Waals surface area contributed by atoms with Gasteiger partial charge in [0, 0.05) is 18.0 Å². The summed E-state index contributed by atoms with van der Waals surface area (Å²) in [5.74, 6) is 0.799. The van der Waals surface area contributed by atoms with E-state index >= 15 is 0 Å². The minimum atomic E-state index is -0.297. The summed E-state index contributed by atoms with van der Waals surface area (Å²) < 4.78 is 5.02. The van der Waals surface area contributed by atoms with E-state index in [1.165, 1.54) is 0 Å². The van der Waals surface area contributed by atoms with Crippen molar-refractivity contribution in [2.75, 3.05) is 18.2 Å². The lowest BCUT2D eigenvalue weighted by atomic mass is 10.1. The number of hydrogen-bond acceptors (Lipinski definition) is 4. The molecule has 1 amide bonds. The molecule has 0 saturated carbocycles. The molecule has 2 aromatic rings. The summed E-state index contributed by atoms with van der Waals surface area (Å²) in [6, 6.07) is 10.2. The topological polar surface area (TPSA) is 77.2 Å². The minimum Gasteiger partial charge on any atom is -0.497 e. The predicted octanol–water partition coefficient (Wildman–Crippen LogP) is 1.92. The molecule has 0 fully saturated rings. The highest BCUT2D eigenvalue weighted by atomic mass is 16.5. The van der Waals surface area contributed by atoms with Crippen LogP contribution in [0.1, 0.15) is 10.4 Å². The largest absolute Gasteiger partial charge is 0.497 e. The Kier molecular flexibility index (Phi) is 3.43. The average molecular weight is 243 g/mol. The highest BCUT2D eigenvalue weighted by Crippen LogP contribution is 2.20. The Bertz CT molecular complexity index is 555. The van der Waals surface area contributed by atoms with E-state index < -0.39 is 0 Å². The molecule has 1 aromatic carbocycles. The molecule has 0 aliphatic heterocycles.